The number of hydrogen-bond acceptors (Lipinski definition) is 7. The number of aromatic nitrogens is 3. The van der Waals surface area contributed by atoms with E-state index >= 15 is 0 Å². The standard InChI is InChI=1S/C21H25N5O3S/c1-13-7-5-6-8-16(13)14(2)23-19(27)12-30-21-25-24-20(26(21)22)17-10-9-15(28-3)11-18(17)29-4/h5-11,14H,12,22H2,1-4H3,(H,23,27)/t14-/m0/s1. The third-order valence-electron chi connectivity index (χ3n) is 4.68. The molecule has 8 nitrogen and oxygen atoms in total. The summed E-state index contributed by atoms with van der Waals surface area (Å²) in [7, 11) is 3.14. The summed E-state index contributed by atoms with van der Waals surface area (Å²) in [5, 5.41) is 11.7. The molecule has 3 N–H and O–H groups in total. The van der Waals surface area contributed by atoms with Gasteiger partial charge >= 0.3 is 0 Å². The Bertz CT molecular complexity index is 1040. The van der Waals surface area contributed by atoms with Gasteiger partial charge in [-0.2, -0.15) is 0 Å². The number of thioether (sulfide) groups is 1. The van der Waals surface area contributed by atoms with Crippen molar-refractivity contribution in [2.45, 2.75) is 25.0 Å². The molecular weight excluding hydrogens is 402 g/mol. The first-order valence-corrected chi connectivity index (χ1v) is 10.3. The lowest BCUT2D eigenvalue weighted by Gasteiger charge is -2.16. The van der Waals surface area contributed by atoms with E-state index < -0.39 is 0 Å². The van der Waals surface area contributed by atoms with Gasteiger partial charge in [-0.05, 0) is 37.1 Å². The van der Waals surface area contributed by atoms with Crippen LogP contribution >= 0.6 is 11.8 Å². The zero-order valence-corrected chi connectivity index (χ0v) is 18.2. The van der Waals surface area contributed by atoms with E-state index in [1.165, 1.54) is 16.4 Å². The van der Waals surface area contributed by atoms with Crippen LogP contribution in [0.25, 0.3) is 11.4 Å². The molecule has 1 heterocycles. The monoisotopic (exact) mass is 427 g/mol. The second-order valence-corrected chi connectivity index (χ2v) is 7.62. The zero-order valence-electron chi connectivity index (χ0n) is 17.4. The second-order valence-electron chi connectivity index (χ2n) is 6.68. The van der Waals surface area contributed by atoms with Gasteiger partial charge in [0.1, 0.15) is 11.5 Å². The lowest BCUT2D eigenvalue weighted by Crippen LogP contribution is -2.28. The molecule has 0 spiro atoms. The Hall–Kier alpha value is -3.20. The third kappa shape index (κ3) is 4.68. The highest BCUT2D eigenvalue weighted by Crippen LogP contribution is 2.33. The van der Waals surface area contributed by atoms with E-state index in [1.54, 1.807) is 32.4 Å². The first-order valence-electron chi connectivity index (χ1n) is 9.35. The quantitative estimate of drug-likeness (QED) is 0.421. The number of benzene rings is 2. The van der Waals surface area contributed by atoms with Crippen molar-refractivity contribution in [2.75, 3.05) is 25.8 Å². The predicted molar refractivity (Wildman–Crippen MR) is 117 cm³/mol. The van der Waals surface area contributed by atoms with Crippen LogP contribution in [-0.2, 0) is 4.79 Å². The molecule has 1 atom stereocenters. The highest BCUT2D eigenvalue weighted by molar-refractivity contribution is 7.99. The van der Waals surface area contributed by atoms with E-state index in [2.05, 4.69) is 15.5 Å². The minimum Gasteiger partial charge on any atom is -0.497 e. The summed E-state index contributed by atoms with van der Waals surface area (Å²) in [6.45, 7) is 3.99. The first-order chi connectivity index (χ1) is 14.4. The number of ether oxygens (including phenoxy) is 2. The van der Waals surface area contributed by atoms with Gasteiger partial charge in [0.15, 0.2) is 5.82 Å². The lowest BCUT2D eigenvalue weighted by molar-refractivity contribution is -0.119. The van der Waals surface area contributed by atoms with Crippen molar-refractivity contribution in [1.82, 2.24) is 20.2 Å². The predicted octanol–water partition coefficient (Wildman–Crippen LogP) is 2.95. The van der Waals surface area contributed by atoms with Crippen molar-refractivity contribution in [3.63, 3.8) is 0 Å². The van der Waals surface area contributed by atoms with E-state index in [0.717, 1.165) is 11.1 Å². The highest BCUT2D eigenvalue weighted by atomic mass is 32.2. The summed E-state index contributed by atoms with van der Waals surface area (Å²) in [6.07, 6.45) is 0. The molecule has 9 heteroatoms. The van der Waals surface area contributed by atoms with Gasteiger partial charge in [-0.15, -0.1) is 10.2 Å². The summed E-state index contributed by atoms with van der Waals surface area (Å²) in [5.41, 5.74) is 2.90. The zero-order chi connectivity index (χ0) is 21.7. The number of carbonyl (C=O) groups is 1. The molecule has 2 aromatic carbocycles. The minimum absolute atomic E-state index is 0.0887. The molecule has 3 rings (SSSR count). The van der Waals surface area contributed by atoms with E-state index in [0.29, 0.717) is 28.0 Å². The molecule has 0 saturated carbocycles. The molecule has 0 bridgehead atoms. The number of amides is 1. The number of nitrogen functional groups attached to an aromatic ring is 1. The van der Waals surface area contributed by atoms with Crippen LogP contribution in [0.1, 0.15) is 24.1 Å². The van der Waals surface area contributed by atoms with E-state index in [-0.39, 0.29) is 17.7 Å². The van der Waals surface area contributed by atoms with Crippen LogP contribution in [0.3, 0.4) is 0 Å². The van der Waals surface area contributed by atoms with Crippen molar-refractivity contribution in [2.24, 2.45) is 0 Å². The number of methoxy groups -OCH3 is 2. The topological polar surface area (TPSA) is 104 Å². The Morgan fingerprint density at radius 3 is 2.67 bits per heavy atom. The lowest BCUT2D eigenvalue weighted by atomic mass is 10.0. The molecule has 3 aromatic rings. The number of rotatable bonds is 8. The second kappa shape index (κ2) is 9.53. The summed E-state index contributed by atoms with van der Waals surface area (Å²) < 4.78 is 12.0. The fourth-order valence-corrected chi connectivity index (χ4v) is 3.77. The Labute approximate surface area is 179 Å². The Morgan fingerprint density at radius 1 is 1.20 bits per heavy atom. The van der Waals surface area contributed by atoms with Gasteiger partial charge in [0.2, 0.25) is 11.1 Å². The van der Waals surface area contributed by atoms with Crippen LogP contribution in [0.2, 0.25) is 0 Å². The van der Waals surface area contributed by atoms with Crippen LogP contribution in [0.4, 0.5) is 0 Å². The first kappa shape index (κ1) is 21.5. The van der Waals surface area contributed by atoms with Crippen LogP contribution < -0.4 is 20.6 Å². The maximum atomic E-state index is 12.4. The van der Waals surface area contributed by atoms with Gasteiger partial charge in [0, 0.05) is 6.07 Å². The minimum atomic E-state index is -0.109. The number of aryl methyl sites for hydroxylation is 1. The maximum Gasteiger partial charge on any atom is 0.230 e. The van der Waals surface area contributed by atoms with E-state index in [4.69, 9.17) is 15.3 Å². The Balaban J connectivity index is 1.67. The molecule has 0 aliphatic heterocycles. The molecule has 0 fully saturated rings. The molecule has 30 heavy (non-hydrogen) atoms. The van der Waals surface area contributed by atoms with Crippen molar-refractivity contribution < 1.29 is 14.3 Å². The van der Waals surface area contributed by atoms with Gasteiger partial charge in [0.05, 0.1) is 31.6 Å². The average molecular weight is 428 g/mol. The number of nitrogens with one attached hydrogen (secondary N) is 1. The smallest absolute Gasteiger partial charge is 0.230 e. The molecule has 0 aliphatic rings. The van der Waals surface area contributed by atoms with E-state index in [9.17, 15) is 4.79 Å². The fraction of sp³-hybridized carbons (Fsp3) is 0.286. The van der Waals surface area contributed by atoms with Gasteiger partial charge in [-0.1, -0.05) is 36.0 Å². The van der Waals surface area contributed by atoms with Crippen LogP contribution in [0.15, 0.2) is 47.6 Å². The Kier molecular flexibility index (Phi) is 6.83. The molecular formula is C21H25N5O3S. The normalized spacial score (nSPS) is 11.7. The van der Waals surface area contributed by atoms with E-state index in [1.807, 2.05) is 38.1 Å². The molecule has 1 aromatic heterocycles. The summed E-state index contributed by atoms with van der Waals surface area (Å²) in [4.78, 5) is 12.4. The molecule has 0 aliphatic carbocycles. The molecule has 0 radical (unpaired) electrons. The molecule has 0 saturated heterocycles. The number of hydrogen-bond donors (Lipinski definition) is 2. The molecule has 0 unspecified atom stereocenters. The third-order valence-corrected chi connectivity index (χ3v) is 5.62. The van der Waals surface area contributed by atoms with Crippen molar-refractivity contribution in [3.8, 4) is 22.9 Å². The van der Waals surface area contributed by atoms with Gasteiger partial charge < -0.3 is 20.6 Å². The van der Waals surface area contributed by atoms with Crippen LogP contribution in [0, 0.1) is 6.92 Å². The maximum absolute atomic E-state index is 12.4. The van der Waals surface area contributed by atoms with Crippen molar-refractivity contribution in [1.29, 1.82) is 0 Å². The van der Waals surface area contributed by atoms with Crippen molar-refractivity contribution >= 4 is 17.7 Å². The largest absolute Gasteiger partial charge is 0.497 e. The molecule has 1 amide bonds. The van der Waals surface area contributed by atoms with Crippen molar-refractivity contribution in [3.05, 3.63) is 53.6 Å². The molecule has 158 valence electrons. The number of nitrogens with zero attached hydrogens (tertiary/aromatic N) is 3. The van der Waals surface area contributed by atoms with Gasteiger partial charge in [-0.3, -0.25) is 4.79 Å². The summed E-state index contributed by atoms with van der Waals surface area (Å²) in [6, 6.07) is 13.2. The highest BCUT2D eigenvalue weighted by Gasteiger charge is 2.18. The summed E-state index contributed by atoms with van der Waals surface area (Å²) >= 11 is 1.22. The fourth-order valence-electron chi connectivity index (χ4n) is 3.11. The number of nitrogens with two attached hydrogens (primary N) is 1. The SMILES string of the molecule is COc1ccc(-c2nnc(SCC(=O)N[C@@H](C)c3ccccc3C)n2N)c(OC)c1. The van der Waals surface area contributed by atoms with Gasteiger partial charge in [-0.25, -0.2) is 4.68 Å². The van der Waals surface area contributed by atoms with Crippen LogP contribution in [0.5, 0.6) is 11.5 Å². The Morgan fingerprint density at radius 2 is 1.97 bits per heavy atom. The van der Waals surface area contributed by atoms with Crippen LogP contribution in [-0.4, -0.2) is 40.8 Å². The number of carbonyl (C=O) groups excluding carboxylic acids is 1. The van der Waals surface area contributed by atoms with Gasteiger partial charge in [0.25, 0.3) is 0 Å². The summed E-state index contributed by atoms with van der Waals surface area (Å²) in [5.74, 6) is 7.90. The average Bonchev–Trinajstić information content (AvgIpc) is 3.12.